The minimum atomic E-state index is -0.924. The van der Waals surface area contributed by atoms with Crippen LogP contribution in [0, 0.1) is 13.8 Å². The number of aromatic amines is 1. The van der Waals surface area contributed by atoms with Crippen LogP contribution in [-0.2, 0) is 14.3 Å². The van der Waals surface area contributed by atoms with Crippen molar-refractivity contribution in [2.24, 2.45) is 0 Å². The summed E-state index contributed by atoms with van der Waals surface area (Å²) in [5, 5.41) is 11.5. The van der Waals surface area contributed by atoms with Crippen molar-refractivity contribution in [1.82, 2.24) is 14.8 Å². The number of carbonyl (C=O) groups excluding carboxylic acids is 3. The molecule has 0 unspecified atom stereocenters. The summed E-state index contributed by atoms with van der Waals surface area (Å²) in [6.45, 7) is 4.29. The van der Waals surface area contributed by atoms with E-state index in [1.807, 2.05) is 19.0 Å². The Balaban J connectivity index is 2.27. The summed E-state index contributed by atoms with van der Waals surface area (Å²) in [6, 6.07) is 4.17. The molecule has 2 N–H and O–H groups in total. The minimum absolute atomic E-state index is 0.0852. The third-order valence-corrected chi connectivity index (χ3v) is 6.34. The maximum Gasteiger partial charge on any atom is 0.354 e. The number of hydrogen-bond acceptors (Lipinski definition) is 8. The Labute approximate surface area is 210 Å². The zero-order valence-corrected chi connectivity index (χ0v) is 21.7. The highest BCUT2D eigenvalue weighted by Crippen LogP contribution is 2.44. The molecule has 1 aromatic heterocycles. The number of aliphatic hydroxyl groups excluding tert-OH is 1. The molecule has 194 valence electrons. The van der Waals surface area contributed by atoms with Crippen LogP contribution in [0.4, 0.5) is 0 Å². The van der Waals surface area contributed by atoms with Gasteiger partial charge in [-0.1, -0.05) is 0 Å². The molecule has 1 amide bonds. The molecule has 1 aromatic carbocycles. The number of carbonyl (C=O) groups is 3. The summed E-state index contributed by atoms with van der Waals surface area (Å²) in [5.41, 5.74) is 1.72. The van der Waals surface area contributed by atoms with Crippen molar-refractivity contribution >= 4 is 23.4 Å². The molecule has 0 radical (unpaired) electrons. The van der Waals surface area contributed by atoms with E-state index < -0.39 is 23.7 Å². The Morgan fingerprint density at radius 2 is 1.83 bits per heavy atom. The molecule has 1 fully saturated rings. The van der Waals surface area contributed by atoms with Gasteiger partial charge in [-0.05, 0) is 64.7 Å². The molecule has 1 atom stereocenters. The van der Waals surface area contributed by atoms with Gasteiger partial charge in [-0.3, -0.25) is 9.59 Å². The number of nitrogens with zero attached hydrogens (tertiary/aromatic N) is 2. The molecule has 1 aliphatic rings. The van der Waals surface area contributed by atoms with E-state index >= 15 is 0 Å². The van der Waals surface area contributed by atoms with Gasteiger partial charge in [0.15, 0.2) is 0 Å². The van der Waals surface area contributed by atoms with Crippen molar-refractivity contribution in [2.45, 2.75) is 26.3 Å². The maximum absolute atomic E-state index is 13.4. The average Bonchev–Trinajstić information content (AvgIpc) is 3.29. The first kappa shape index (κ1) is 26.8. The number of rotatable bonds is 9. The van der Waals surface area contributed by atoms with E-state index in [2.05, 4.69) is 4.98 Å². The predicted molar refractivity (Wildman–Crippen MR) is 133 cm³/mol. The largest absolute Gasteiger partial charge is 0.507 e. The summed E-state index contributed by atoms with van der Waals surface area (Å²) >= 11 is 0. The van der Waals surface area contributed by atoms with E-state index in [1.54, 1.807) is 32.0 Å². The Hall–Kier alpha value is -3.79. The number of nitrogens with one attached hydrogen (secondary N) is 1. The highest BCUT2D eigenvalue weighted by molar-refractivity contribution is 6.46. The number of hydrogen-bond donors (Lipinski definition) is 2. The van der Waals surface area contributed by atoms with Crippen molar-refractivity contribution in [1.29, 1.82) is 0 Å². The Morgan fingerprint density at radius 1 is 1.14 bits per heavy atom. The number of H-pyrrole nitrogens is 1. The highest BCUT2D eigenvalue weighted by Gasteiger charge is 2.47. The first-order valence-corrected chi connectivity index (χ1v) is 11.5. The fourth-order valence-corrected chi connectivity index (χ4v) is 4.59. The number of aliphatic hydroxyl groups is 1. The second-order valence-corrected chi connectivity index (χ2v) is 8.87. The molecule has 2 aromatic rings. The lowest BCUT2D eigenvalue weighted by Crippen LogP contribution is -2.32. The Bertz CT molecular complexity index is 1210. The predicted octanol–water partition coefficient (Wildman–Crippen LogP) is 2.81. The summed E-state index contributed by atoms with van der Waals surface area (Å²) in [7, 11) is 8.11. The minimum Gasteiger partial charge on any atom is -0.507 e. The van der Waals surface area contributed by atoms with Gasteiger partial charge in [-0.15, -0.1) is 0 Å². The molecule has 0 spiro atoms. The monoisotopic (exact) mass is 499 g/mol. The van der Waals surface area contributed by atoms with E-state index in [1.165, 1.54) is 26.2 Å². The van der Waals surface area contributed by atoms with Crippen LogP contribution < -0.4 is 9.47 Å². The molecule has 0 bridgehead atoms. The zero-order chi connectivity index (χ0) is 26.7. The number of methoxy groups -OCH3 is 3. The molecule has 1 saturated heterocycles. The van der Waals surface area contributed by atoms with E-state index in [9.17, 15) is 19.5 Å². The third kappa shape index (κ3) is 4.81. The standard InChI is InChI=1S/C26H33N3O7/c1-14-19(15(2)27-21(14)26(33)36-7)23(30)20-22(17-13-16(34-5)9-10-18(17)35-6)29(25(32)24(20)31)12-8-11-28(3)4/h9-10,13,22,27,30H,8,11-12H2,1-7H3/t22-/m1/s1. The number of ketones is 1. The lowest BCUT2D eigenvalue weighted by Gasteiger charge is -2.27. The molecular formula is C26H33N3O7. The fourth-order valence-electron chi connectivity index (χ4n) is 4.59. The molecule has 10 nitrogen and oxygen atoms in total. The van der Waals surface area contributed by atoms with Gasteiger partial charge in [0, 0.05) is 23.4 Å². The second kappa shape index (κ2) is 10.9. The molecule has 2 heterocycles. The fraction of sp³-hybridized carbons (Fsp3) is 0.423. The molecule has 36 heavy (non-hydrogen) atoms. The van der Waals surface area contributed by atoms with Crippen LogP contribution in [0.1, 0.15) is 45.3 Å². The average molecular weight is 500 g/mol. The van der Waals surface area contributed by atoms with Crippen LogP contribution in [0.25, 0.3) is 5.76 Å². The van der Waals surface area contributed by atoms with Crippen molar-refractivity contribution in [2.75, 3.05) is 48.5 Å². The van der Waals surface area contributed by atoms with Crippen molar-refractivity contribution in [3.05, 3.63) is 51.9 Å². The molecule has 1 aliphatic heterocycles. The first-order valence-electron chi connectivity index (χ1n) is 11.5. The zero-order valence-electron chi connectivity index (χ0n) is 21.7. The Kier molecular flexibility index (Phi) is 8.09. The number of ether oxygens (including phenoxy) is 3. The van der Waals surface area contributed by atoms with Crippen LogP contribution in [0.3, 0.4) is 0 Å². The summed E-state index contributed by atoms with van der Waals surface area (Å²) in [5.74, 6) is -1.57. The number of esters is 1. The molecular weight excluding hydrogens is 466 g/mol. The SMILES string of the molecule is COC(=O)c1[nH]c(C)c(C(O)=C2C(=O)C(=O)N(CCCN(C)C)[C@@H]2c2cc(OC)ccc2OC)c1C. The smallest absolute Gasteiger partial charge is 0.354 e. The van der Waals surface area contributed by atoms with E-state index in [0.717, 1.165) is 0 Å². The number of benzene rings is 1. The number of likely N-dealkylation sites (tertiary alicyclic amines) is 1. The Morgan fingerprint density at radius 3 is 2.42 bits per heavy atom. The van der Waals surface area contributed by atoms with E-state index in [-0.39, 0.29) is 29.1 Å². The molecule has 0 aliphatic carbocycles. The molecule has 10 heteroatoms. The topological polar surface area (TPSA) is 121 Å². The van der Waals surface area contributed by atoms with Gasteiger partial charge in [0.2, 0.25) is 0 Å². The number of amides is 1. The third-order valence-electron chi connectivity index (χ3n) is 6.34. The van der Waals surface area contributed by atoms with Crippen LogP contribution in [0.15, 0.2) is 23.8 Å². The van der Waals surface area contributed by atoms with Crippen LogP contribution >= 0.6 is 0 Å². The van der Waals surface area contributed by atoms with Gasteiger partial charge in [-0.25, -0.2) is 4.79 Å². The molecule has 0 saturated carbocycles. The van der Waals surface area contributed by atoms with Crippen molar-refractivity contribution < 1.29 is 33.7 Å². The summed E-state index contributed by atoms with van der Waals surface area (Å²) in [6.07, 6.45) is 0.609. The maximum atomic E-state index is 13.4. The summed E-state index contributed by atoms with van der Waals surface area (Å²) in [4.78, 5) is 45.2. The van der Waals surface area contributed by atoms with Gasteiger partial charge in [-0.2, -0.15) is 0 Å². The number of aromatic nitrogens is 1. The van der Waals surface area contributed by atoms with Crippen LogP contribution in [0.2, 0.25) is 0 Å². The number of aryl methyl sites for hydroxylation is 1. The lowest BCUT2D eigenvalue weighted by molar-refractivity contribution is -0.140. The first-order chi connectivity index (χ1) is 17.1. The summed E-state index contributed by atoms with van der Waals surface area (Å²) < 4.78 is 15.8. The van der Waals surface area contributed by atoms with Gasteiger partial charge < -0.3 is 34.1 Å². The van der Waals surface area contributed by atoms with Crippen molar-refractivity contribution in [3.8, 4) is 11.5 Å². The van der Waals surface area contributed by atoms with E-state index in [0.29, 0.717) is 41.3 Å². The number of Topliss-reactive ketones (excluding diaryl/α,β-unsaturated/α-hetero) is 1. The van der Waals surface area contributed by atoms with Crippen LogP contribution in [-0.4, -0.2) is 86.1 Å². The van der Waals surface area contributed by atoms with Crippen LogP contribution in [0.5, 0.6) is 11.5 Å². The lowest BCUT2D eigenvalue weighted by atomic mass is 9.93. The quantitative estimate of drug-likeness (QED) is 0.234. The van der Waals surface area contributed by atoms with Gasteiger partial charge in [0.05, 0.1) is 32.9 Å². The van der Waals surface area contributed by atoms with Gasteiger partial charge in [0.1, 0.15) is 23.0 Å². The molecule has 3 rings (SSSR count). The highest BCUT2D eigenvalue weighted by atomic mass is 16.5. The van der Waals surface area contributed by atoms with Gasteiger partial charge >= 0.3 is 5.97 Å². The second-order valence-electron chi connectivity index (χ2n) is 8.87. The van der Waals surface area contributed by atoms with E-state index in [4.69, 9.17) is 14.2 Å². The van der Waals surface area contributed by atoms with Crippen molar-refractivity contribution in [3.63, 3.8) is 0 Å². The van der Waals surface area contributed by atoms with Gasteiger partial charge in [0.25, 0.3) is 11.7 Å². The normalized spacial score (nSPS) is 17.1.